The molecule has 1 aliphatic rings. The van der Waals surface area contributed by atoms with Crippen LogP contribution in [0.3, 0.4) is 0 Å². The molecule has 0 fully saturated rings. The molecule has 1 N–H and O–H groups in total. The number of rotatable bonds is 3. The molecule has 168 valence electrons. The highest BCUT2D eigenvalue weighted by Crippen LogP contribution is 2.35. The second-order valence-corrected chi connectivity index (χ2v) is 8.51. The molecule has 0 spiro atoms. The van der Waals surface area contributed by atoms with E-state index in [4.69, 9.17) is 4.74 Å². The van der Waals surface area contributed by atoms with Crippen LogP contribution in [0.2, 0.25) is 0 Å². The van der Waals surface area contributed by atoms with E-state index in [2.05, 4.69) is 37.4 Å². The molecule has 34 heavy (non-hydrogen) atoms. The van der Waals surface area contributed by atoms with Crippen molar-refractivity contribution < 1.29 is 9.53 Å². The van der Waals surface area contributed by atoms with Gasteiger partial charge in [0.05, 0.1) is 54.0 Å². The molecule has 8 heteroatoms. The highest BCUT2D eigenvalue weighted by Gasteiger charge is 2.27. The van der Waals surface area contributed by atoms with Gasteiger partial charge in [0, 0.05) is 23.5 Å². The summed E-state index contributed by atoms with van der Waals surface area (Å²) in [6, 6.07) is 11.5. The van der Waals surface area contributed by atoms with Crippen LogP contribution in [0.25, 0.3) is 27.7 Å². The first kappa shape index (κ1) is 20.4. The number of nitrogens with one attached hydrogen (secondary N) is 1. The second kappa shape index (κ2) is 8.00. The van der Waals surface area contributed by atoms with Crippen LogP contribution in [0, 0.1) is 6.92 Å². The number of amides is 1. The van der Waals surface area contributed by atoms with E-state index in [0.29, 0.717) is 12.2 Å². The van der Waals surface area contributed by atoms with Crippen LogP contribution in [0.5, 0.6) is 0 Å². The Labute approximate surface area is 195 Å². The number of fused-ring (bicyclic) bond motifs is 4. The Morgan fingerprint density at radius 2 is 1.85 bits per heavy atom. The molecule has 0 saturated carbocycles. The quantitative estimate of drug-likeness (QED) is 0.443. The van der Waals surface area contributed by atoms with Gasteiger partial charge in [-0.3, -0.25) is 14.2 Å². The molecule has 2 atom stereocenters. The smallest absolute Gasteiger partial charge is 0.251 e. The van der Waals surface area contributed by atoms with Crippen molar-refractivity contribution in [1.29, 1.82) is 0 Å². The number of carbonyl (C=O) groups is 1. The van der Waals surface area contributed by atoms with Gasteiger partial charge in [0.1, 0.15) is 5.82 Å². The van der Waals surface area contributed by atoms with Crippen molar-refractivity contribution in [2.75, 3.05) is 6.61 Å². The van der Waals surface area contributed by atoms with Crippen molar-refractivity contribution in [3.63, 3.8) is 0 Å². The van der Waals surface area contributed by atoms with E-state index < -0.39 is 0 Å². The van der Waals surface area contributed by atoms with E-state index >= 15 is 0 Å². The molecule has 1 amide bonds. The minimum atomic E-state index is -0.250. The number of aromatic nitrogens is 5. The van der Waals surface area contributed by atoms with Crippen molar-refractivity contribution >= 4 is 22.5 Å². The fraction of sp³-hybridized carbons (Fsp3) is 0.192. The standard InChI is InChI=1S/C26H22N6O2/c1-15-22-7-17(19-9-28-16(2)29-10-19)3-5-21(22)24(13-34-15)31-26(33)18-4-6-23-25(8-18)32-14-27-11-20(32)12-30-23/h3-12,14-15,24H,13H2,1-2H3,(H,31,33)/t15?,24-/m1/s1. The monoisotopic (exact) mass is 450 g/mol. The lowest BCUT2D eigenvalue weighted by molar-refractivity contribution is 0.0319. The van der Waals surface area contributed by atoms with Crippen LogP contribution >= 0.6 is 0 Å². The topological polar surface area (TPSA) is 94.3 Å². The first-order valence-corrected chi connectivity index (χ1v) is 11.1. The number of ether oxygens (including phenoxy) is 1. The van der Waals surface area contributed by atoms with E-state index in [1.54, 1.807) is 24.8 Å². The Balaban J connectivity index is 1.31. The van der Waals surface area contributed by atoms with Crippen LogP contribution in [-0.4, -0.2) is 36.9 Å². The molecular formula is C26H22N6O2. The first-order chi connectivity index (χ1) is 16.6. The summed E-state index contributed by atoms with van der Waals surface area (Å²) < 4.78 is 7.94. The van der Waals surface area contributed by atoms with E-state index in [0.717, 1.165) is 44.6 Å². The molecule has 1 unspecified atom stereocenters. The number of hydrogen-bond acceptors (Lipinski definition) is 6. The van der Waals surface area contributed by atoms with Gasteiger partial charge in [0.15, 0.2) is 0 Å². The average Bonchev–Trinajstić information content (AvgIpc) is 3.35. The number of nitrogens with zero attached hydrogens (tertiary/aromatic N) is 5. The van der Waals surface area contributed by atoms with Crippen molar-refractivity contribution in [3.05, 3.63) is 90.0 Å². The molecule has 0 bridgehead atoms. The number of hydrogen-bond donors (Lipinski definition) is 1. The molecule has 2 aromatic carbocycles. The van der Waals surface area contributed by atoms with Gasteiger partial charge in [-0.05, 0) is 54.8 Å². The Morgan fingerprint density at radius 1 is 1.00 bits per heavy atom. The normalized spacial score (nSPS) is 17.6. The Bertz CT molecular complexity index is 1540. The molecule has 0 saturated heterocycles. The zero-order valence-corrected chi connectivity index (χ0v) is 18.8. The number of aryl methyl sites for hydroxylation is 1. The number of carbonyl (C=O) groups excluding carboxylic acids is 1. The molecule has 8 nitrogen and oxygen atoms in total. The van der Waals surface area contributed by atoms with Gasteiger partial charge in [0.25, 0.3) is 5.91 Å². The van der Waals surface area contributed by atoms with Gasteiger partial charge in [-0.25, -0.2) is 15.0 Å². The molecule has 5 aromatic rings. The van der Waals surface area contributed by atoms with Crippen LogP contribution in [0.15, 0.2) is 67.5 Å². The Morgan fingerprint density at radius 3 is 2.71 bits per heavy atom. The number of imidazole rings is 1. The maximum Gasteiger partial charge on any atom is 0.251 e. The minimum absolute atomic E-state index is 0.0734. The zero-order chi connectivity index (χ0) is 23.2. The largest absolute Gasteiger partial charge is 0.371 e. The third-order valence-corrected chi connectivity index (χ3v) is 6.33. The highest BCUT2D eigenvalue weighted by atomic mass is 16.5. The van der Waals surface area contributed by atoms with Crippen LogP contribution in [0.1, 0.15) is 46.4 Å². The van der Waals surface area contributed by atoms with E-state index in [9.17, 15) is 4.79 Å². The summed E-state index contributed by atoms with van der Waals surface area (Å²) in [6.07, 6.45) is 8.81. The maximum atomic E-state index is 13.2. The van der Waals surface area contributed by atoms with E-state index in [1.165, 1.54) is 0 Å². The Hall–Kier alpha value is -4.17. The fourth-order valence-electron chi connectivity index (χ4n) is 4.45. The molecule has 0 aliphatic carbocycles. The third kappa shape index (κ3) is 3.48. The molecule has 0 radical (unpaired) electrons. The lowest BCUT2D eigenvalue weighted by Crippen LogP contribution is -2.35. The molecular weight excluding hydrogens is 428 g/mol. The van der Waals surface area contributed by atoms with Crippen molar-refractivity contribution in [1.82, 2.24) is 29.7 Å². The first-order valence-electron chi connectivity index (χ1n) is 11.1. The van der Waals surface area contributed by atoms with Gasteiger partial charge in [-0.2, -0.15) is 0 Å². The second-order valence-electron chi connectivity index (χ2n) is 8.51. The molecule has 3 aromatic heterocycles. The Kier molecular flexibility index (Phi) is 4.81. The maximum absolute atomic E-state index is 13.2. The van der Waals surface area contributed by atoms with Gasteiger partial charge in [0.2, 0.25) is 0 Å². The predicted octanol–water partition coefficient (Wildman–Crippen LogP) is 4.21. The average molecular weight is 451 g/mol. The SMILES string of the molecule is Cc1ncc(-c2ccc3c(c2)C(C)OC[C@H]3NC(=O)c2ccc3ncc4cncn4c3c2)cn1. The summed E-state index contributed by atoms with van der Waals surface area (Å²) in [7, 11) is 0. The van der Waals surface area contributed by atoms with Gasteiger partial charge >= 0.3 is 0 Å². The number of benzene rings is 2. The lowest BCUT2D eigenvalue weighted by Gasteiger charge is -2.31. The van der Waals surface area contributed by atoms with Gasteiger partial charge in [-0.15, -0.1) is 0 Å². The molecule has 4 heterocycles. The lowest BCUT2D eigenvalue weighted by atomic mass is 9.91. The third-order valence-electron chi connectivity index (χ3n) is 6.33. The fourth-order valence-corrected chi connectivity index (χ4v) is 4.45. The van der Waals surface area contributed by atoms with Crippen molar-refractivity contribution in [2.45, 2.75) is 26.0 Å². The minimum Gasteiger partial charge on any atom is -0.371 e. The predicted molar refractivity (Wildman–Crippen MR) is 127 cm³/mol. The summed E-state index contributed by atoms with van der Waals surface area (Å²) in [6.45, 7) is 4.30. The van der Waals surface area contributed by atoms with Gasteiger partial charge < -0.3 is 10.1 Å². The van der Waals surface area contributed by atoms with Crippen LogP contribution < -0.4 is 5.32 Å². The molecule has 6 rings (SSSR count). The van der Waals surface area contributed by atoms with Crippen molar-refractivity contribution in [2.24, 2.45) is 0 Å². The van der Waals surface area contributed by atoms with Crippen LogP contribution in [-0.2, 0) is 4.74 Å². The van der Waals surface area contributed by atoms with E-state index in [1.807, 2.05) is 48.8 Å². The zero-order valence-electron chi connectivity index (χ0n) is 18.8. The summed E-state index contributed by atoms with van der Waals surface area (Å²) in [5.74, 6) is 0.573. The summed E-state index contributed by atoms with van der Waals surface area (Å²) in [4.78, 5) is 30.5. The summed E-state index contributed by atoms with van der Waals surface area (Å²) >= 11 is 0. The van der Waals surface area contributed by atoms with Crippen molar-refractivity contribution in [3.8, 4) is 11.1 Å². The summed E-state index contributed by atoms with van der Waals surface area (Å²) in [5, 5.41) is 3.15. The van der Waals surface area contributed by atoms with Crippen LogP contribution in [0.4, 0.5) is 0 Å². The highest BCUT2D eigenvalue weighted by molar-refractivity contribution is 5.98. The van der Waals surface area contributed by atoms with E-state index in [-0.39, 0.29) is 18.1 Å². The molecule has 1 aliphatic heterocycles. The van der Waals surface area contributed by atoms with Gasteiger partial charge in [-0.1, -0.05) is 12.1 Å². The summed E-state index contributed by atoms with van der Waals surface area (Å²) in [5.41, 5.74) is 7.15.